The maximum Gasteiger partial charge on any atom is 0.348 e. The number of fused-ring (bicyclic) bond motifs is 2. The molecule has 0 aromatic heterocycles. The van der Waals surface area contributed by atoms with Crippen LogP contribution in [0.15, 0.2) is 72.3 Å². The Morgan fingerprint density at radius 1 is 0.964 bits per heavy atom. The minimum absolute atomic E-state index is 0.0300. The molecule has 304 valence electrons. The summed E-state index contributed by atoms with van der Waals surface area (Å²) >= 11 is 0. The minimum atomic E-state index is -3.33. The van der Waals surface area contributed by atoms with Crippen molar-refractivity contribution >= 4 is 42.2 Å². The van der Waals surface area contributed by atoms with Gasteiger partial charge in [0.1, 0.15) is 25.1 Å². The normalized spacial score (nSPS) is 34.1. The number of ether oxygens (including phenoxy) is 5. The predicted molar refractivity (Wildman–Crippen MR) is 210 cm³/mol. The zero-order chi connectivity index (χ0) is 41.0. The number of methoxy groups -OCH3 is 2. The summed E-state index contributed by atoms with van der Waals surface area (Å²) in [6, 6.07) is 20.2. The summed E-state index contributed by atoms with van der Waals surface area (Å²) in [4.78, 5) is 57.8. The van der Waals surface area contributed by atoms with Crippen LogP contribution in [0.5, 0.6) is 0 Å². The lowest BCUT2D eigenvalue weighted by Gasteiger charge is -2.69. The number of carbonyl (C=O) groups is 4. The SMILES string of the molecule is CC[C@](C)(O)C(=O)O[C@H]1C(=O)O[C@@H]2C[C@H]3C(C)=CC(=O)[C@@H](OC)[C@]3(C)[C@H]3C(=O)[C@H](OCOC)[C@H](C)[C@H]1[C@@]32CO[Si](c1ccccc1)(c1ccccc1)C(C)(C)C. The predicted octanol–water partition coefficient (Wildman–Crippen LogP) is 4.56. The molecule has 3 fully saturated rings. The molecule has 6 rings (SSSR count). The van der Waals surface area contributed by atoms with Gasteiger partial charge in [-0.15, -0.1) is 0 Å². The van der Waals surface area contributed by atoms with E-state index in [1.54, 1.807) is 13.0 Å². The van der Waals surface area contributed by atoms with Crippen LogP contribution < -0.4 is 10.4 Å². The molecule has 0 amide bonds. The van der Waals surface area contributed by atoms with Crippen LogP contribution in [0.4, 0.5) is 0 Å². The number of hydrogen-bond acceptors (Lipinski definition) is 11. The Balaban J connectivity index is 1.66. The molecule has 2 aromatic carbocycles. The number of rotatable bonds is 12. The summed E-state index contributed by atoms with van der Waals surface area (Å²) in [5.41, 5.74) is -3.69. The van der Waals surface area contributed by atoms with E-state index in [1.807, 2.05) is 57.2 Å². The van der Waals surface area contributed by atoms with Crippen molar-refractivity contribution in [3.63, 3.8) is 0 Å². The standard InChI is InChI=1S/C44H58O11Si/c1-11-42(7,49)40(48)55-36-33-27(3)35(52-25-50-9)34(46)37-43(8)30(26(2)22-31(45)38(43)51-10)23-32(54-39(36)47)44(33,37)24-53-56(41(4,5)6,28-18-14-12-15-19-28)29-20-16-13-17-21-29/h12-22,27,30,32-33,35-38,49H,11,23-25H2,1-10H3/t27-,30+,32-,33-,35-,36-,37-,38-,42+,43+,44+/m1/s1. The van der Waals surface area contributed by atoms with Crippen LogP contribution >= 0.6 is 0 Å². The Morgan fingerprint density at radius 3 is 2.07 bits per heavy atom. The first kappa shape index (κ1) is 42.1. The molecule has 0 unspecified atom stereocenters. The Bertz CT molecular complexity index is 1800. The summed E-state index contributed by atoms with van der Waals surface area (Å²) < 4.78 is 37.9. The number of ketones is 2. The second-order valence-corrected chi connectivity index (χ2v) is 22.0. The second kappa shape index (κ2) is 15.3. The molecule has 0 spiro atoms. The van der Waals surface area contributed by atoms with Gasteiger partial charge in [0.25, 0.3) is 8.32 Å². The zero-order valence-corrected chi connectivity index (χ0v) is 35.3. The van der Waals surface area contributed by atoms with E-state index < -0.39 is 89.8 Å². The van der Waals surface area contributed by atoms with E-state index in [0.717, 1.165) is 15.9 Å². The molecule has 1 N–H and O–H groups in total. The van der Waals surface area contributed by atoms with Crippen molar-refractivity contribution < 1.29 is 52.4 Å². The third-order valence-corrected chi connectivity index (χ3v) is 18.7. The van der Waals surface area contributed by atoms with Gasteiger partial charge in [0.05, 0.1) is 0 Å². The largest absolute Gasteiger partial charge is 0.459 e. The number of allylic oxidation sites excluding steroid dienone is 1. The summed E-state index contributed by atoms with van der Waals surface area (Å²) in [7, 11) is -0.402. The first-order valence-corrected chi connectivity index (χ1v) is 21.6. The average Bonchev–Trinajstić information content (AvgIpc) is 3.15. The lowest BCUT2D eigenvalue weighted by molar-refractivity contribution is -0.285. The van der Waals surface area contributed by atoms with Crippen LogP contribution in [0.25, 0.3) is 0 Å². The number of benzene rings is 2. The summed E-state index contributed by atoms with van der Waals surface area (Å²) in [6.07, 6.45) is -2.73. The highest BCUT2D eigenvalue weighted by molar-refractivity contribution is 6.99. The van der Waals surface area contributed by atoms with Crippen LogP contribution in [0.3, 0.4) is 0 Å². The van der Waals surface area contributed by atoms with Crippen LogP contribution in [0.1, 0.15) is 68.2 Å². The van der Waals surface area contributed by atoms with Gasteiger partial charge in [0, 0.05) is 43.5 Å². The highest BCUT2D eigenvalue weighted by Crippen LogP contribution is 2.68. The van der Waals surface area contributed by atoms with E-state index in [-0.39, 0.29) is 37.8 Å². The first-order valence-electron chi connectivity index (χ1n) is 19.7. The molecule has 0 radical (unpaired) electrons. The van der Waals surface area contributed by atoms with Crippen LogP contribution in [-0.4, -0.2) is 94.6 Å². The quantitative estimate of drug-likeness (QED) is 0.184. The number of esters is 2. The smallest absolute Gasteiger partial charge is 0.348 e. The third kappa shape index (κ3) is 6.35. The van der Waals surface area contributed by atoms with Gasteiger partial charge in [0.15, 0.2) is 17.2 Å². The van der Waals surface area contributed by atoms with Crippen molar-refractivity contribution in [3.8, 4) is 0 Å². The van der Waals surface area contributed by atoms with Crippen molar-refractivity contribution in [2.45, 2.75) is 103 Å². The van der Waals surface area contributed by atoms with Gasteiger partial charge in [-0.1, -0.05) is 108 Å². The number of carbonyl (C=O) groups excluding carboxylic acids is 4. The van der Waals surface area contributed by atoms with Crippen molar-refractivity contribution in [2.24, 2.45) is 34.5 Å². The maximum absolute atomic E-state index is 15.6. The van der Waals surface area contributed by atoms with E-state index in [4.69, 9.17) is 28.1 Å². The third-order valence-electron chi connectivity index (χ3n) is 13.7. The van der Waals surface area contributed by atoms with Gasteiger partial charge in [0.2, 0.25) is 6.10 Å². The van der Waals surface area contributed by atoms with Gasteiger partial charge >= 0.3 is 11.9 Å². The Morgan fingerprint density at radius 2 is 1.55 bits per heavy atom. The summed E-state index contributed by atoms with van der Waals surface area (Å²) in [6.45, 7) is 14.7. The molecule has 11 nitrogen and oxygen atoms in total. The van der Waals surface area contributed by atoms with Gasteiger partial charge < -0.3 is 33.2 Å². The Labute approximate surface area is 331 Å². The second-order valence-electron chi connectivity index (χ2n) is 17.7. The molecule has 12 heteroatoms. The van der Waals surface area contributed by atoms with Gasteiger partial charge in [-0.3, -0.25) is 9.59 Å². The molecule has 56 heavy (non-hydrogen) atoms. The molecule has 2 saturated carbocycles. The van der Waals surface area contributed by atoms with Gasteiger partial charge in [-0.05, 0) is 60.0 Å². The van der Waals surface area contributed by atoms with Crippen molar-refractivity contribution in [1.82, 2.24) is 0 Å². The monoisotopic (exact) mass is 790 g/mol. The molecule has 1 aliphatic heterocycles. The maximum atomic E-state index is 15.6. The van der Waals surface area contributed by atoms with Crippen LogP contribution in [0, 0.1) is 34.5 Å². The minimum Gasteiger partial charge on any atom is -0.459 e. The molecule has 11 atom stereocenters. The van der Waals surface area contributed by atoms with E-state index >= 15 is 4.79 Å². The molecular formula is C44H58O11Si. The number of hydrogen-bond donors (Lipinski definition) is 1. The molecule has 1 saturated heterocycles. The van der Waals surface area contributed by atoms with E-state index in [0.29, 0.717) is 0 Å². The Hall–Kier alpha value is -3.52. The highest BCUT2D eigenvalue weighted by atomic mass is 28.4. The average molecular weight is 791 g/mol. The first-order chi connectivity index (χ1) is 26.4. The summed E-state index contributed by atoms with van der Waals surface area (Å²) in [5.74, 6) is -5.45. The molecule has 2 aromatic rings. The topological polar surface area (TPSA) is 144 Å². The molecule has 4 aliphatic rings. The van der Waals surface area contributed by atoms with Gasteiger partial charge in [-0.25, -0.2) is 9.59 Å². The summed E-state index contributed by atoms with van der Waals surface area (Å²) in [5, 5.41) is 12.6. The van der Waals surface area contributed by atoms with E-state index in [1.165, 1.54) is 21.1 Å². The fraction of sp³-hybridized carbons (Fsp3) is 0.591. The fourth-order valence-electron chi connectivity index (χ4n) is 11.0. The molecular weight excluding hydrogens is 733 g/mol. The van der Waals surface area contributed by atoms with Crippen molar-refractivity contribution in [2.75, 3.05) is 27.6 Å². The number of Topliss-reactive ketones (excluding diaryl/α,β-unsaturated/α-hetero) is 1. The van der Waals surface area contributed by atoms with E-state index in [2.05, 4.69) is 45.0 Å². The lowest BCUT2D eigenvalue weighted by atomic mass is 9.38. The van der Waals surface area contributed by atoms with Crippen LogP contribution in [0.2, 0.25) is 5.04 Å². The van der Waals surface area contributed by atoms with Crippen molar-refractivity contribution in [1.29, 1.82) is 0 Å². The van der Waals surface area contributed by atoms with Crippen molar-refractivity contribution in [3.05, 3.63) is 72.3 Å². The zero-order valence-electron chi connectivity index (χ0n) is 34.3. The molecule has 1 heterocycles. The fourth-order valence-corrected chi connectivity index (χ4v) is 15.7. The molecule has 3 aliphatic carbocycles. The van der Waals surface area contributed by atoms with Crippen LogP contribution in [-0.2, 0) is 47.3 Å². The Kier molecular flexibility index (Phi) is 11.5. The van der Waals surface area contributed by atoms with E-state index in [9.17, 15) is 19.5 Å². The van der Waals surface area contributed by atoms with Gasteiger partial charge in [-0.2, -0.15) is 0 Å². The molecule has 0 bridgehead atoms. The number of aliphatic hydroxyl groups is 1. The lowest BCUT2D eigenvalue weighted by Crippen LogP contribution is -2.79. The highest BCUT2D eigenvalue weighted by Gasteiger charge is 2.77.